The Morgan fingerprint density at radius 1 is 1.25 bits per heavy atom. The van der Waals surface area contributed by atoms with Gasteiger partial charge in [-0.25, -0.2) is 8.78 Å². The minimum absolute atomic E-state index is 0.0387. The summed E-state index contributed by atoms with van der Waals surface area (Å²) in [6.07, 6.45) is 1.73. The molecule has 0 bridgehead atoms. The molecule has 1 fully saturated rings. The van der Waals surface area contributed by atoms with Crippen molar-refractivity contribution < 1.29 is 13.6 Å². The Morgan fingerprint density at radius 2 is 1.94 bits per heavy atom. The molecule has 1 nitrogen and oxygen atoms in total. The first-order valence-corrected chi connectivity index (χ1v) is 5.54. The van der Waals surface area contributed by atoms with Gasteiger partial charge in [0.15, 0.2) is 0 Å². The van der Waals surface area contributed by atoms with Gasteiger partial charge in [0.05, 0.1) is 0 Å². The van der Waals surface area contributed by atoms with Crippen LogP contribution in [0.4, 0.5) is 8.78 Å². The Hall–Kier alpha value is -1.25. The molecule has 0 aromatic heterocycles. The number of carbonyl (C=O) groups excluding carboxylic acids is 1. The first-order valence-electron chi connectivity index (χ1n) is 5.54. The van der Waals surface area contributed by atoms with Crippen LogP contribution in [0.25, 0.3) is 0 Å². The maximum Gasteiger partial charge on any atom is 0.248 e. The lowest BCUT2D eigenvalue weighted by Gasteiger charge is -2.28. The smallest absolute Gasteiger partial charge is 0.248 e. The van der Waals surface area contributed by atoms with Gasteiger partial charge in [0.2, 0.25) is 5.92 Å². The van der Waals surface area contributed by atoms with Crippen molar-refractivity contribution in [3.63, 3.8) is 0 Å². The van der Waals surface area contributed by atoms with E-state index in [0.29, 0.717) is 18.4 Å². The van der Waals surface area contributed by atoms with E-state index in [0.717, 1.165) is 11.8 Å². The summed E-state index contributed by atoms with van der Waals surface area (Å²) >= 11 is 0. The molecule has 2 rings (SSSR count). The lowest BCUT2D eigenvalue weighted by molar-refractivity contribution is -0.0382. The van der Waals surface area contributed by atoms with Crippen molar-refractivity contribution in [2.24, 2.45) is 0 Å². The highest BCUT2D eigenvalue weighted by Gasteiger charge is 2.35. The van der Waals surface area contributed by atoms with Gasteiger partial charge in [-0.2, -0.15) is 0 Å². The van der Waals surface area contributed by atoms with Gasteiger partial charge in [-0.3, -0.25) is 4.79 Å². The zero-order valence-electron chi connectivity index (χ0n) is 8.96. The van der Waals surface area contributed by atoms with Crippen LogP contribution in [0.5, 0.6) is 0 Å². The first kappa shape index (κ1) is 11.2. The van der Waals surface area contributed by atoms with Crippen LogP contribution in [-0.4, -0.2) is 12.2 Å². The molecule has 86 valence electrons. The van der Waals surface area contributed by atoms with E-state index in [2.05, 4.69) is 0 Å². The van der Waals surface area contributed by atoms with Crippen LogP contribution in [-0.2, 0) is 0 Å². The summed E-state index contributed by atoms with van der Waals surface area (Å²) < 4.78 is 26.0. The number of halogens is 2. The quantitative estimate of drug-likeness (QED) is 0.698. The van der Waals surface area contributed by atoms with Crippen molar-refractivity contribution in [2.75, 3.05) is 0 Å². The minimum Gasteiger partial charge on any atom is -0.298 e. The summed E-state index contributed by atoms with van der Waals surface area (Å²) in [5, 5.41) is 0. The van der Waals surface area contributed by atoms with Gasteiger partial charge in [0.1, 0.15) is 6.29 Å². The fourth-order valence-electron chi connectivity index (χ4n) is 2.26. The number of rotatable bonds is 2. The molecule has 0 amide bonds. The topological polar surface area (TPSA) is 17.1 Å². The fraction of sp³-hybridized carbons (Fsp3) is 0.462. The molecular formula is C13H14F2O. The number of hydrogen-bond acceptors (Lipinski definition) is 1. The maximum atomic E-state index is 13.0. The Morgan fingerprint density at radius 3 is 2.56 bits per heavy atom. The van der Waals surface area contributed by atoms with Crippen LogP contribution in [0.1, 0.15) is 47.5 Å². The summed E-state index contributed by atoms with van der Waals surface area (Å²) in [4.78, 5) is 10.6. The average molecular weight is 224 g/mol. The highest BCUT2D eigenvalue weighted by atomic mass is 19.3. The highest BCUT2D eigenvalue weighted by Crippen LogP contribution is 2.40. The summed E-state index contributed by atoms with van der Waals surface area (Å²) in [5.74, 6) is -2.31. The van der Waals surface area contributed by atoms with E-state index >= 15 is 0 Å². The molecule has 16 heavy (non-hydrogen) atoms. The molecule has 0 aliphatic heterocycles. The van der Waals surface area contributed by atoms with Gasteiger partial charge >= 0.3 is 0 Å². The van der Waals surface area contributed by atoms with E-state index < -0.39 is 5.92 Å². The predicted octanol–water partition coefficient (Wildman–Crippen LogP) is 3.79. The van der Waals surface area contributed by atoms with Crippen LogP contribution in [0.3, 0.4) is 0 Å². The molecule has 0 unspecified atom stereocenters. The summed E-state index contributed by atoms with van der Waals surface area (Å²) in [6.45, 7) is 0. The Kier molecular flexibility index (Phi) is 3.03. The van der Waals surface area contributed by atoms with E-state index in [9.17, 15) is 13.6 Å². The van der Waals surface area contributed by atoms with Gasteiger partial charge in [-0.1, -0.05) is 18.2 Å². The molecular weight excluding hydrogens is 210 g/mol. The van der Waals surface area contributed by atoms with E-state index in [4.69, 9.17) is 0 Å². The van der Waals surface area contributed by atoms with Crippen molar-refractivity contribution in [1.29, 1.82) is 0 Å². The molecule has 3 heteroatoms. The molecule has 0 saturated heterocycles. The van der Waals surface area contributed by atoms with Crippen molar-refractivity contribution in [3.05, 3.63) is 35.4 Å². The standard InChI is InChI=1S/C13H14F2O/c14-13(15)6-4-11(5-7-13)12-3-1-2-10(8-12)9-16/h1-3,8-9,11H,4-7H2. The SMILES string of the molecule is O=Cc1cccc(C2CCC(F)(F)CC2)c1. The Labute approximate surface area is 93.5 Å². The van der Waals surface area contributed by atoms with Crippen LogP contribution < -0.4 is 0 Å². The van der Waals surface area contributed by atoms with Crippen molar-refractivity contribution in [3.8, 4) is 0 Å². The van der Waals surface area contributed by atoms with Gasteiger partial charge in [0, 0.05) is 18.4 Å². The molecule has 1 saturated carbocycles. The molecule has 0 spiro atoms. The van der Waals surface area contributed by atoms with Crippen molar-refractivity contribution in [1.82, 2.24) is 0 Å². The van der Waals surface area contributed by atoms with Gasteiger partial charge in [0.25, 0.3) is 0 Å². The lowest BCUT2D eigenvalue weighted by Crippen LogP contribution is -2.23. The first-order chi connectivity index (χ1) is 7.61. The van der Waals surface area contributed by atoms with E-state index in [-0.39, 0.29) is 18.8 Å². The average Bonchev–Trinajstić information content (AvgIpc) is 2.29. The number of hydrogen-bond donors (Lipinski definition) is 0. The largest absolute Gasteiger partial charge is 0.298 e. The molecule has 0 radical (unpaired) electrons. The minimum atomic E-state index is -2.49. The normalized spacial score (nSPS) is 20.6. The summed E-state index contributed by atoms with van der Waals surface area (Å²) in [5.41, 5.74) is 1.63. The second kappa shape index (κ2) is 4.32. The number of carbonyl (C=O) groups is 1. The number of aldehydes is 1. The molecule has 1 aliphatic carbocycles. The molecule has 1 aromatic carbocycles. The second-order valence-corrected chi connectivity index (χ2v) is 4.42. The fourth-order valence-corrected chi connectivity index (χ4v) is 2.26. The number of benzene rings is 1. The van der Waals surface area contributed by atoms with Crippen LogP contribution in [0, 0.1) is 0 Å². The summed E-state index contributed by atoms with van der Waals surface area (Å²) in [6, 6.07) is 7.27. The van der Waals surface area contributed by atoms with Crippen molar-refractivity contribution in [2.45, 2.75) is 37.5 Å². The van der Waals surface area contributed by atoms with Gasteiger partial charge in [-0.15, -0.1) is 0 Å². The van der Waals surface area contributed by atoms with E-state index in [1.165, 1.54) is 0 Å². The van der Waals surface area contributed by atoms with Gasteiger partial charge < -0.3 is 0 Å². The van der Waals surface area contributed by atoms with E-state index in [1.54, 1.807) is 12.1 Å². The zero-order valence-corrected chi connectivity index (χ0v) is 8.96. The number of alkyl halides is 2. The monoisotopic (exact) mass is 224 g/mol. The third-order valence-corrected chi connectivity index (χ3v) is 3.24. The highest BCUT2D eigenvalue weighted by molar-refractivity contribution is 5.75. The van der Waals surface area contributed by atoms with E-state index in [1.807, 2.05) is 12.1 Å². The lowest BCUT2D eigenvalue weighted by atomic mass is 9.82. The summed E-state index contributed by atoms with van der Waals surface area (Å²) in [7, 11) is 0. The third kappa shape index (κ3) is 2.46. The molecule has 1 aromatic rings. The third-order valence-electron chi connectivity index (χ3n) is 3.24. The Balaban J connectivity index is 2.11. The van der Waals surface area contributed by atoms with Crippen LogP contribution in [0.2, 0.25) is 0 Å². The molecule has 0 N–H and O–H groups in total. The maximum absolute atomic E-state index is 13.0. The molecule has 0 heterocycles. The molecule has 0 atom stereocenters. The molecule has 1 aliphatic rings. The van der Waals surface area contributed by atoms with Crippen LogP contribution in [0.15, 0.2) is 24.3 Å². The van der Waals surface area contributed by atoms with Crippen molar-refractivity contribution >= 4 is 6.29 Å². The second-order valence-electron chi connectivity index (χ2n) is 4.42. The van der Waals surface area contributed by atoms with Gasteiger partial charge in [-0.05, 0) is 30.4 Å². The van der Waals surface area contributed by atoms with Crippen LogP contribution >= 0.6 is 0 Å². The Bertz CT molecular complexity index is 377. The predicted molar refractivity (Wildman–Crippen MR) is 58.0 cm³/mol. The zero-order chi connectivity index (χ0) is 11.6.